The first-order valence-electron chi connectivity index (χ1n) is 9.20. The Morgan fingerprint density at radius 1 is 1.30 bits per heavy atom. The van der Waals surface area contributed by atoms with Gasteiger partial charge in [0.05, 0.1) is 22.3 Å². The second kappa shape index (κ2) is 6.50. The third-order valence-electron chi connectivity index (χ3n) is 6.17. The van der Waals surface area contributed by atoms with Crippen LogP contribution in [0.1, 0.15) is 44.1 Å². The Bertz CT molecular complexity index is 833. The Morgan fingerprint density at radius 2 is 2.00 bits per heavy atom. The molecule has 0 aliphatic heterocycles. The van der Waals surface area contributed by atoms with Crippen LogP contribution in [-0.2, 0) is 14.3 Å². The van der Waals surface area contributed by atoms with E-state index in [9.17, 15) is 14.7 Å². The van der Waals surface area contributed by atoms with Crippen molar-refractivity contribution in [3.63, 3.8) is 0 Å². The van der Waals surface area contributed by atoms with Crippen LogP contribution in [0.5, 0.6) is 0 Å². The van der Waals surface area contributed by atoms with E-state index in [1.165, 1.54) is 12.1 Å². The molecular formula is C20H21ClN2O4. The number of nitrogens with one attached hydrogen (secondary N) is 1. The maximum absolute atomic E-state index is 12.8. The number of rotatable bonds is 4. The summed E-state index contributed by atoms with van der Waals surface area (Å²) in [6.45, 7) is -0.425. The van der Waals surface area contributed by atoms with Gasteiger partial charge >= 0.3 is 5.97 Å². The zero-order valence-corrected chi connectivity index (χ0v) is 15.6. The van der Waals surface area contributed by atoms with Gasteiger partial charge in [0.1, 0.15) is 6.07 Å². The fourth-order valence-corrected chi connectivity index (χ4v) is 5.81. The minimum atomic E-state index is -0.756. The molecular weight excluding hydrogens is 368 g/mol. The van der Waals surface area contributed by atoms with Gasteiger partial charge in [-0.05, 0) is 68.6 Å². The normalized spacial score (nSPS) is 33.4. The monoisotopic (exact) mass is 388 g/mol. The average molecular weight is 389 g/mol. The topological polar surface area (TPSA) is 99.4 Å². The van der Waals surface area contributed by atoms with E-state index in [1.54, 1.807) is 6.07 Å². The van der Waals surface area contributed by atoms with E-state index in [2.05, 4.69) is 5.32 Å². The highest BCUT2D eigenvalue weighted by atomic mass is 35.5. The molecule has 1 aromatic rings. The molecule has 2 N–H and O–H groups in total. The van der Waals surface area contributed by atoms with Crippen LogP contribution in [0.15, 0.2) is 18.2 Å². The Labute approximate surface area is 162 Å². The second-order valence-corrected chi connectivity index (χ2v) is 8.83. The highest BCUT2D eigenvalue weighted by Gasteiger charge is 2.60. The van der Waals surface area contributed by atoms with Gasteiger partial charge in [-0.2, -0.15) is 5.26 Å². The number of nitrogens with zero attached hydrogens (tertiary/aromatic N) is 1. The summed E-state index contributed by atoms with van der Waals surface area (Å²) in [5.74, 6) is -0.188. The number of ether oxygens (including phenoxy) is 1. The summed E-state index contributed by atoms with van der Waals surface area (Å²) in [6, 6.07) is 6.53. The van der Waals surface area contributed by atoms with E-state index in [1.807, 2.05) is 6.07 Å². The third-order valence-corrected chi connectivity index (χ3v) is 6.41. The number of halogens is 1. The number of amides is 1. The molecule has 0 heterocycles. The minimum Gasteiger partial charge on any atom is -0.455 e. The lowest BCUT2D eigenvalue weighted by Gasteiger charge is -2.58. The number of hydrogen-bond donors (Lipinski definition) is 2. The van der Waals surface area contributed by atoms with Gasteiger partial charge in [-0.25, -0.2) is 0 Å². The molecule has 2 unspecified atom stereocenters. The smallest absolute Gasteiger partial charge is 0.312 e. The molecule has 6 nitrogen and oxygen atoms in total. The van der Waals surface area contributed by atoms with Crippen LogP contribution in [0.25, 0.3) is 0 Å². The van der Waals surface area contributed by atoms with Gasteiger partial charge in [0, 0.05) is 5.02 Å². The summed E-state index contributed by atoms with van der Waals surface area (Å²) in [5.41, 5.74) is -0.849. The molecule has 142 valence electrons. The number of hydrogen-bond acceptors (Lipinski definition) is 5. The van der Waals surface area contributed by atoms with E-state index < -0.39 is 29.5 Å². The Kier molecular flexibility index (Phi) is 4.40. The third kappa shape index (κ3) is 3.42. The van der Waals surface area contributed by atoms with Crippen LogP contribution in [0.4, 0.5) is 5.69 Å². The average Bonchev–Trinajstić information content (AvgIpc) is 2.57. The molecule has 7 heteroatoms. The second-order valence-electron chi connectivity index (χ2n) is 8.39. The van der Waals surface area contributed by atoms with Gasteiger partial charge in [0.2, 0.25) is 0 Å². The van der Waals surface area contributed by atoms with Crippen LogP contribution in [-0.4, -0.2) is 29.2 Å². The van der Waals surface area contributed by atoms with Crippen molar-refractivity contribution in [2.75, 3.05) is 11.9 Å². The van der Waals surface area contributed by atoms with E-state index >= 15 is 0 Å². The largest absolute Gasteiger partial charge is 0.455 e. The molecule has 0 radical (unpaired) electrons. The van der Waals surface area contributed by atoms with E-state index in [4.69, 9.17) is 21.6 Å². The fourth-order valence-electron chi connectivity index (χ4n) is 5.64. The molecule has 0 saturated heterocycles. The van der Waals surface area contributed by atoms with Crippen LogP contribution >= 0.6 is 11.6 Å². The minimum absolute atomic E-state index is 0.280. The number of esters is 1. The molecule has 4 saturated carbocycles. The maximum Gasteiger partial charge on any atom is 0.312 e. The Balaban J connectivity index is 1.39. The first-order chi connectivity index (χ1) is 12.8. The molecule has 4 fully saturated rings. The van der Waals surface area contributed by atoms with E-state index in [0.29, 0.717) is 23.3 Å². The Morgan fingerprint density at radius 3 is 2.63 bits per heavy atom. The van der Waals surface area contributed by atoms with Gasteiger partial charge in [-0.3, -0.25) is 9.59 Å². The van der Waals surface area contributed by atoms with Crippen LogP contribution < -0.4 is 5.32 Å². The lowest BCUT2D eigenvalue weighted by molar-refractivity contribution is -0.196. The highest BCUT2D eigenvalue weighted by Crippen LogP contribution is 2.61. The molecule has 4 aliphatic rings. The summed E-state index contributed by atoms with van der Waals surface area (Å²) in [6.07, 6.45) is 4.51. The predicted molar refractivity (Wildman–Crippen MR) is 97.8 cm³/mol. The van der Waals surface area contributed by atoms with Crippen molar-refractivity contribution in [3.8, 4) is 6.07 Å². The first-order valence-corrected chi connectivity index (χ1v) is 9.58. The number of anilines is 1. The van der Waals surface area contributed by atoms with Crippen molar-refractivity contribution in [3.05, 3.63) is 28.8 Å². The first kappa shape index (κ1) is 18.3. The number of carbonyl (C=O) groups is 2. The molecule has 1 aromatic carbocycles. The van der Waals surface area contributed by atoms with Crippen molar-refractivity contribution in [1.29, 1.82) is 5.26 Å². The lowest BCUT2D eigenvalue weighted by Crippen LogP contribution is -2.58. The summed E-state index contributed by atoms with van der Waals surface area (Å²) >= 11 is 5.90. The van der Waals surface area contributed by atoms with Gasteiger partial charge in [0.25, 0.3) is 5.91 Å². The van der Waals surface area contributed by atoms with Gasteiger partial charge < -0.3 is 15.2 Å². The SMILES string of the molecule is N#Cc1ccc(Cl)cc1NC(=O)COC(=O)C12C[C@@H]3C[C@@H](CC(O)(C3)C1)C2. The summed E-state index contributed by atoms with van der Waals surface area (Å²) in [7, 11) is 0. The van der Waals surface area contributed by atoms with Gasteiger partial charge in [0.15, 0.2) is 6.61 Å². The van der Waals surface area contributed by atoms with Gasteiger partial charge in [-0.15, -0.1) is 0 Å². The summed E-state index contributed by atoms with van der Waals surface area (Å²) in [5, 5.41) is 22.8. The standard InChI is InChI=1S/C20H21ClN2O4/c21-15-2-1-14(9-22)16(4-15)23-17(24)10-27-18(25)19-5-12-3-13(6-19)8-20(26,7-12)11-19/h1-2,4,12-13,26H,3,5-8,10-11H2,(H,23,24)/t12-,13+,19?,20?. The molecule has 27 heavy (non-hydrogen) atoms. The molecule has 0 aromatic heterocycles. The van der Waals surface area contributed by atoms with Crippen LogP contribution in [0.3, 0.4) is 0 Å². The van der Waals surface area contributed by atoms with Crippen molar-refractivity contribution in [2.24, 2.45) is 17.3 Å². The number of carbonyl (C=O) groups excluding carboxylic acids is 2. The van der Waals surface area contributed by atoms with Gasteiger partial charge in [-0.1, -0.05) is 11.6 Å². The Hall–Kier alpha value is -2.10. The number of benzene rings is 1. The van der Waals surface area contributed by atoms with Crippen molar-refractivity contribution >= 4 is 29.2 Å². The predicted octanol–water partition coefficient (Wildman–Crippen LogP) is 3.02. The van der Waals surface area contributed by atoms with Crippen molar-refractivity contribution < 1.29 is 19.4 Å². The molecule has 0 spiro atoms. The van der Waals surface area contributed by atoms with Crippen LogP contribution in [0.2, 0.25) is 5.02 Å². The lowest BCUT2D eigenvalue weighted by atomic mass is 9.48. The zero-order valence-electron chi connectivity index (χ0n) is 14.8. The zero-order chi connectivity index (χ0) is 19.2. The molecule has 4 atom stereocenters. The summed E-state index contributed by atoms with van der Waals surface area (Å²) < 4.78 is 5.33. The maximum atomic E-state index is 12.8. The molecule has 1 amide bonds. The number of nitriles is 1. The molecule has 4 bridgehead atoms. The summed E-state index contributed by atoms with van der Waals surface area (Å²) in [4.78, 5) is 25.0. The van der Waals surface area contributed by atoms with E-state index in [0.717, 1.165) is 32.1 Å². The number of aliphatic hydroxyl groups is 1. The highest BCUT2D eigenvalue weighted by molar-refractivity contribution is 6.31. The van der Waals surface area contributed by atoms with Crippen molar-refractivity contribution in [2.45, 2.75) is 44.1 Å². The van der Waals surface area contributed by atoms with Crippen molar-refractivity contribution in [1.82, 2.24) is 0 Å². The molecule has 5 rings (SSSR count). The molecule has 4 aliphatic carbocycles. The van der Waals surface area contributed by atoms with E-state index in [-0.39, 0.29) is 11.3 Å². The van der Waals surface area contributed by atoms with Crippen LogP contribution in [0, 0.1) is 28.6 Å². The fraction of sp³-hybridized carbons (Fsp3) is 0.550. The quantitative estimate of drug-likeness (QED) is 0.772.